The first-order valence-electron chi connectivity index (χ1n) is 8.49. The monoisotopic (exact) mass is 298 g/mol. The number of nitrogens with one attached hydrogen (secondary N) is 1. The first kappa shape index (κ1) is 18.4. The van der Waals surface area contributed by atoms with Gasteiger partial charge in [0.15, 0.2) is 0 Å². The Morgan fingerprint density at radius 3 is 2.38 bits per heavy atom. The molecule has 0 saturated heterocycles. The van der Waals surface area contributed by atoms with E-state index in [0.717, 1.165) is 32.4 Å². The maximum atomic E-state index is 12.7. The molecule has 1 aliphatic rings. The zero-order valence-corrected chi connectivity index (χ0v) is 14.7. The van der Waals surface area contributed by atoms with E-state index in [2.05, 4.69) is 45.0 Å². The maximum Gasteiger partial charge on any atom is 0.327 e. The van der Waals surface area contributed by atoms with Crippen molar-refractivity contribution in [2.45, 2.75) is 65.5 Å². The van der Waals surface area contributed by atoms with E-state index in [1.807, 2.05) is 6.92 Å². The van der Waals surface area contributed by atoms with Crippen molar-refractivity contribution >= 4 is 5.97 Å². The Kier molecular flexibility index (Phi) is 7.14. The Balaban J connectivity index is 2.85. The topological polar surface area (TPSA) is 41.6 Å². The molecule has 0 radical (unpaired) electrons. The fourth-order valence-corrected chi connectivity index (χ4v) is 3.09. The third kappa shape index (κ3) is 5.26. The molecule has 2 unspecified atom stereocenters. The van der Waals surface area contributed by atoms with Gasteiger partial charge >= 0.3 is 5.97 Å². The van der Waals surface area contributed by atoms with Gasteiger partial charge in [0.2, 0.25) is 0 Å². The van der Waals surface area contributed by atoms with Crippen LogP contribution in [-0.2, 0) is 9.53 Å². The Morgan fingerprint density at radius 1 is 1.33 bits per heavy atom. The number of hydrogen-bond donors (Lipinski definition) is 1. The fraction of sp³-hybridized carbons (Fsp3) is 0.941. The summed E-state index contributed by atoms with van der Waals surface area (Å²) in [5.41, 5.74) is -0.535. The molecule has 21 heavy (non-hydrogen) atoms. The lowest BCUT2D eigenvalue weighted by molar-refractivity contribution is -0.153. The van der Waals surface area contributed by atoms with Gasteiger partial charge in [-0.05, 0) is 52.5 Å². The highest BCUT2D eigenvalue weighted by Crippen LogP contribution is 2.41. The molecule has 0 bridgehead atoms. The first-order valence-corrected chi connectivity index (χ1v) is 8.49. The van der Waals surface area contributed by atoms with Gasteiger partial charge in [-0.15, -0.1) is 0 Å². The average Bonchev–Trinajstić information content (AvgIpc) is 3.21. The molecular weight excluding hydrogens is 264 g/mol. The number of hydrogen-bond acceptors (Lipinski definition) is 4. The summed E-state index contributed by atoms with van der Waals surface area (Å²) in [7, 11) is 2.12. The van der Waals surface area contributed by atoms with Crippen LogP contribution in [0.2, 0.25) is 0 Å². The highest BCUT2D eigenvalue weighted by Gasteiger charge is 2.52. The lowest BCUT2D eigenvalue weighted by Crippen LogP contribution is -2.63. The van der Waals surface area contributed by atoms with E-state index >= 15 is 0 Å². The summed E-state index contributed by atoms with van der Waals surface area (Å²) >= 11 is 0. The van der Waals surface area contributed by atoms with Crippen molar-refractivity contribution in [3.05, 3.63) is 0 Å². The third-order valence-electron chi connectivity index (χ3n) is 4.30. The SMILES string of the molecule is CCOC(=O)C(CN(C)CC(C)CC)(NC(C)C)C1CC1. The molecule has 0 aromatic rings. The molecule has 1 aliphatic carbocycles. The quantitative estimate of drug-likeness (QED) is 0.630. The molecule has 1 N–H and O–H groups in total. The van der Waals surface area contributed by atoms with Crippen molar-refractivity contribution in [3.8, 4) is 0 Å². The van der Waals surface area contributed by atoms with Crippen molar-refractivity contribution in [1.29, 1.82) is 0 Å². The van der Waals surface area contributed by atoms with Crippen LogP contribution in [0.1, 0.15) is 53.9 Å². The molecule has 0 spiro atoms. The summed E-state index contributed by atoms with van der Waals surface area (Å²) < 4.78 is 5.41. The average molecular weight is 298 g/mol. The van der Waals surface area contributed by atoms with E-state index in [-0.39, 0.29) is 12.0 Å². The lowest BCUT2D eigenvalue weighted by Gasteiger charge is -2.38. The fourth-order valence-electron chi connectivity index (χ4n) is 3.09. The number of carbonyl (C=O) groups is 1. The van der Waals surface area contributed by atoms with Gasteiger partial charge in [0.25, 0.3) is 0 Å². The van der Waals surface area contributed by atoms with Crippen LogP contribution in [0.3, 0.4) is 0 Å². The second kappa shape index (κ2) is 8.14. The van der Waals surface area contributed by atoms with Gasteiger partial charge in [-0.1, -0.05) is 20.3 Å². The van der Waals surface area contributed by atoms with Crippen LogP contribution < -0.4 is 5.32 Å². The lowest BCUT2D eigenvalue weighted by atomic mass is 9.90. The number of ether oxygens (including phenoxy) is 1. The molecule has 1 rings (SSSR count). The normalized spacial score (nSPS) is 19.6. The van der Waals surface area contributed by atoms with E-state index in [0.29, 0.717) is 18.4 Å². The molecule has 1 saturated carbocycles. The number of nitrogens with zero attached hydrogens (tertiary/aromatic N) is 1. The standard InChI is InChI=1S/C17H34N2O2/c1-7-14(5)11-19(6)12-17(15-9-10-15,18-13(3)4)16(20)21-8-2/h13-15,18H,7-12H2,1-6H3. The van der Waals surface area contributed by atoms with Crippen LogP contribution in [0.5, 0.6) is 0 Å². The molecule has 1 fully saturated rings. The van der Waals surface area contributed by atoms with Gasteiger partial charge in [-0.2, -0.15) is 0 Å². The van der Waals surface area contributed by atoms with Crippen LogP contribution >= 0.6 is 0 Å². The maximum absolute atomic E-state index is 12.7. The zero-order chi connectivity index (χ0) is 16.0. The van der Waals surface area contributed by atoms with Crippen LogP contribution in [-0.4, -0.2) is 49.2 Å². The number of esters is 1. The first-order chi connectivity index (χ1) is 9.85. The highest BCUT2D eigenvalue weighted by atomic mass is 16.5. The number of carbonyl (C=O) groups excluding carboxylic acids is 1. The second-order valence-corrected chi connectivity index (χ2v) is 6.98. The Hall–Kier alpha value is -0.610. The highest BCUT2D eigenvalue weighted by molar-refractivity contribution is 5.82. The van der Waals surface area contributed by atoms with Crippen LogP contribution in [0, 0.1) is 11.8 Å². The van der Waals surface area contributed by atoms with Crippen molar-refractivity contribution in [2.24, 2.45) is 11.8 Å². The minimum atomic E-state index is -0.535. The summed E-state index contributed by atoms with van der Waals surface area (Å²) in [6, 6.07) is 0.270. The smallest absolute Gasteiger partial charge is 0.327 e. The molecule has 0 aromatic heterocycles. The van der Waals surface area contributed by atoms with Gasteiger partial charge in [0.1, 0.15) is 5.54 Å². The minimum absolute atomic E-state index is 0.0720. The molecule has 4 nitrogen and oxygen atoms in total. The van der Waals surface area contributed by atoms with Crippen molar-refractivity contribution in [1.82, 2.24) is 10.2 Å². The molecule has 0 aromatic carbocycles. The van der Waals surface area contributed by atoms with Gasteiger partial charge in [0, 0.05) is 19.1 Å². The Bertz CT molecular complexity index is 329. The summed E-state index contributed by atoms with van der Waals surface area (Å²) in [6.07, 6.45) is 3.41. The summed E-state index contributed by atoms with van der Waals surface area (Å²) in [4.78, 5) is 15.0. The van der Waals surface area contributed by atoms with Gasteiger partial charge in [-0.3, -0.25) is 5.32 Å². The predicted octanol–water partition coefficient (Wildman–Crippen LogP) is 2.67. The summed E-state index contributed by atoms with van der Waals surface area (Å²) in [5, 5.41) is 3.55. The predicted molar refractivity (Wildman–Crippen MR) is 87.3 cm³/mol. The summed E-state index contributed by atoms with van der Waals surface area (Å²) in [5.74, 6) is 0.990. The molecule has 124 valence electrons. The molecular formula is C17H34N2O2. The van der Waals surface area contributed by atoms with E-state index in [1.165, 1.54) is 0 Å². The van der Waals surface area contributed by atoms with Gasteiger partial charge in [0.05, 0.1) is 6.61 Å². The molecule has 4 heteroatoms. The number of likely N-dealkylation sites (N-methyl/N-ethyl adjacent to an activating group) is 1. The number of rotatable bonds is 10. The third-order valence-corrected chi connectivity index (χ3v) is 4.30. The molecule has 2 atom stereocenters. The van der Waals surface area contributed by atoms with Crippen molar-refractivity contribution in [2.75, 3.05) is 26.7 Å². The zero-order valence-electron chi connectivity index (χ0n) is 14.7. The minimum Gasteiger partial charge on any atom is -0.465 e. The van der Waals surface area contributed by atoms with E-state index < -0.39 is 5.54 Å². The van der Waals surface area contributed by atoms with E-state index in [4.69, 9.17) is 4.74 Å². The Labute approximate surface area is 130 Å². The Morgan fingerprint density at radius 2 is 1.95 bits per heavy atom. The van der Waals surface area contributed by atoms with Crippen molar-refractivity contribution in [3.63, 3.8) is 0 Å². The van der Waals surface area contributed by atoms with E-state index in [9.17, 15) is 4.79 Å². The van der Waals surface area contributed by atoms with Crippen molar-refractivity contribution < 1.29 is 9.53 Å². The largest absolute Gasteiger partial charge is 0.465 e. The second-order valence-electron chi connectivity index (χ2n) is 6.98. The van der Waals surface area contributed by atoms with Crippen LogP contribution in [0.15, 0.2) is 0 Å². The summed E-state index contributed by atoms with van der Waals surface area (Å²) in [6.45, 7) is 12.8. The van der Waals surface area contributed by atoms with Gasteiger partial charge in [-0.25, -0.2) is 4.79 Å². The van der Waals surface area contributed by atoms with Crippen LogP contribution in [0.4, 0.5) is 0 Å². The molecule has 0 amide bonds. The van der Waals surface area contributed by atoms with Crippen LogP contribution in [0.25, 0.3) is 0 Å². The van der Waals surface area contributed by atoms with E-state index in [1.54, 1.807) is 0 Å². The van der Waals surface area contributed by atoms with Gasteiger partial charge < -0.3 is 9.64 Å². The molecule has 0 aliphatic heterocycles. The molecule has 0 heterocycles.